The van der Waals surface area contributed by atoms with Crippen molar-refractivity contribution in [1.29, 1.82) is 0 Å². The molecular formula is C8H11N3O2S2. The van der Waals surface area contributed by atoms with E-state index in [0.29, 0.717) is 11.2 Å². The zero-order valence-corrected chi connectivity index (χ0v) is 9.64. The number of aromatic nitrogens is 1. The molecule has 2 heterocycles. The van der Waals surface area contributed by atoms with Crippen molar-refractivity contribution in [2.75, 3.05) is 16.8 Å². The lowest BCUT2D eigenvalue weighted by Gasteiger charge is -2.21. The molecule has 2 rings (SSSR count). The Morgan fingerprint density at radius 3 is 2.87 bits per heavy atom. The molecule has 1 aliphatic rings. The predicted molar refractivity (Wildman–Crippen MR) is 62.7 cm³/mol. The number of hydrogen-bond acceptors (Lipinski definition) is 6. The molecule has 0 amide bonds. The van der Waals surface area contributed by atoms with E-state index in [1.165, 1.54) is 6.20 Å². The minimum absolute atomic E-state index is 0.0997. The lowest BCUT2D eigenvalue weighted by atomic mass is 10.2. The van der Waals surface area contributed by atoms with E-state index in [2.05, 4.69) is 10.3 Å². The maximum absolute atomic E-state index is 10.5. The van der Waals surface area contributed by atoms with E-state index >= 15 is 0 Å². The van der Waals surface area contributed by atoms with E-state index in [-0.39, 0.29) is 5.00 Å². The van der Waals surface area contributed by atoms with Gasteiger partial charge >= 0.3 is 5.00 Å². The number of hydrogen-bond donors (Lipinski definition) is 1. The Morgan fingerprint density at radius 1 is 1.53 bits per heavy atom. The maximum atomic E-state index is 10.5. The van der Waals surface area contributed by atoms with Gasteiger partial charge in [-0.3, -0.25) is 10.1 Å². The molecule has 1 aromatic heterocycles. The van der Waals surface area contributed by atoms with Crippen LogP contribution in [0.4, 0.5) is 10.1 Å². The molecule has 5 nitrogen and oxygen atoms in total. The Hall–Kier alpha value is -0.820. The number of thioether (sulfide) groups is 1. The number of thiazole rings is 1. The van der Waals surface area contributed by atoms with Gasteiger partial charge in [0.15, 0.2) is 5.13 Å². The van der Waals surface area contributed by atoms with Crippen LogP contribution in [0.1, 0.15) is 12.8 Å². The molecule has 0 aliphatic carbocycles. The third-order valence-electron chi connectivity index (χ3n) is 2.22. The quantitative estimate of drug-likeness (QED) is 0.654. The largest absolute Gasteiger partial charge is 0.359 e. The van der Waals surface area contributed by atoms with Gasteiger partial charge in [0.05, 0.1) is 4.92 Å². The Balaban J connectivity index is 1.94. The summed E-state index contributed by atoms with van der Waals surface area (Å²) in [5, 5.41) is 14.5. The molecule has 0 radical (unpaired) electrons. The Labute approximate surface area is 95.4 Å². The molecule has 0 atom stereocenters. The van der Waals surface area contributed by atoms with Crippen LogP contribution in [-0.4, -0.2) is 27.5 Å². The van der Waals surface area contributed by atoms with Crippen LogP contribution in [0.25, 0.3) is 0 Å². The highest BCUT2D eigenvalue weighted by Crippen LogP contribution is 2.27. The van der Waals surface area contributed by atoms with Gasteiger partial charge in [0.1, 0.15) is 6.20 Å². The van der Waals surface area contributed by atoms with Crippen molar-refractivity contribution in [1.82, 2.24) is 4.98 Å². The highest BCUT2D eigenvalue weighted by atomic mass is 32.2. The molecule has 15 heavy (non-hydrogen) atoms. The summed E-state index contributed by atoms with van der Waals surface area (Å²) in [4.78, 5) is 14.0. The summed E-state index contributed by atoms with van der Waals surface area (Å²) in [5.74, 6) is 2.32. The fourth-order valence-corrected chi connectivity index (χ4v) is 3.25. The molecule has 1 aromatic rings. The first-order chi connectivity index (χ1) is 7.25. The van der Waals surface area contributed by atoms with Gasteiger partial charge in [0, 0.05) is 6.04 Å². The molecule has 0 aromatic carbocycles. The van der Waals surface area contributed by atoms with Crippen LogP contribution in [0, 0.1) is 10.1 Å². The second-order valence-electron chi connectivity index (χ2n) is 3.29. The monoisotopic (exact) mass is 245 g/mol. The van der Waals surface area contributed by atoms with Crippen LogP contribution >= 0.6 is 23.1 Å². The first-order valence-electron chi connectivity index (χ1n) is 4.70. The van der Waals surface area contributed by atoms with Crippen LogP contribution in [0.3, 0.4) is 0 Å². The summed E-state index contributed by atoms with van der Waals surface area (Å²) in [7, 11) is 0. The standard InChI is InChI=1S/C8H11N3O2S2/c12-11(13)7-5-9-8(15-7)10-6-1-3-14-4-2-6/h5-6H,1-4H2,(H,9,10). The third-order valence-corrected chi connectivity index (χ3v) is 4.15. The summed E-state index contributed by atoms with van der Waals surface area (Å²) in [6.45, 7) is 0. The molecule has 1 saturated heterocycles. The maximum Gasteiger partial charge on any atom is 0.345 e. The van der Waals surface area contributed by atoms with E-state index in [1.54, 1.807) is 0 Å². The molecule has 0 saturated carbocycles. The minimum atomic E-state index is -0.403. The first-order valence-corrected chi connectivity index (χ1v) is 6.67. The van der Waals surface area contributed by atoms with Crippen molar-refractivity contribution in [3.05, 3.63) is 16.3 Å². The summed E-state index contributed by atoms with van der Waals surface area (Å²) < 4.78 is 0. The van der Waals surface area contributed by atoms with E-state index in [0.717, 1.165) is 35.7 Å². The van der Waals surface area contributed by atoms with Crippen LogP contribution < -0.4 is 5.32 Å². The van der Waals surface area contributed by atoms with E-state index in [4.69, 9.17) is 0 Å². The van der Waals surface area contributed by atoms with Crippen molar-refractivity contribution in [3.8, 4) is 0 Å². The van der Waals surface area contributed by atoms with E-state index < -0.39 is 4.92 Å². The van der Waals surface area contributed by atoms with Crippen molar-refractivity contribution in [2.24, 2.45) is 0 Å². The highest BCUT2D eigenvalue weighted by molar-refractivity contribution is 7.99. The molecule has 1 fully saturated rings. The minimum Gasteiger partial charge on any atom is -0.359 e. The SMILES string of the molecule is O=[N+]([O-])c1cnc(NC2CCSCC2)s1. The van der Waals surface area contributed by atoms with Gasteiger partial charge in [-0.1, -0.05) is 0 Å². The number of rotatable bonds is 3. The molecule has 82 valence electrons. The number of nitrogens with zero attached hydrogens (tertiary/aromatic N) is 2. The van der Waals surface area contributed by atoms with Gasteiger partial charge in [-0.15, -0.1) is 0 Å². The average molecular weight is 245 g/mol. The summed E-state index contributed by atoms with van der Waals surface area (Å²) in [5.41, 5.74) is 0. The molecule has 7 heteroatoms. The first kappa shape index (κ1) is 10.7. The van der Waals surface area contributed by atoms with Crippen LogP contribution in [0.5, 0.6) is 0 Å². The second kappa shape index (κ2) is 4.80. The molecule has 1 aliphatic heterocycles. The van der Waals surface area contributed by atoms with Crippen molar-refractivity contribution < 1.29 is 4.92 Å². The van der Waals surface area contributed by atoms with Crippen molar-refractivity contribution >= 4 is 33.2 Å². The average Bonchev–Trinajstić information content (AvgIpc) is 2.68. The fraction of sp³-hybridized carbons (Fsp3) is 0.625. The Kier molecular flexibility index (Phi) is 3.42. The summed E-state index contributed by atoms with van der Waals surface area (Å²) in [6, 6.07) is 0.428. The van der Waals surface area contributed by atoms with Crippen molar-refractivity contribution in [2.45, 2.75) is 18.9 Å². The zero-order valence-electron chi connectivity index (χ0n) is 8.01. The molecule has 0 spiro atoms. The number of anilines is 1. The smallest absolute Gasteiger partial charge is 0.345 e. The number of nitrogens with one attached hydrogen (secondary N) is 1. The second-order valence-corrected chi connectivity index (χ2v) is 5.53. The Morgan fingerprint density at radius 2 is 2.27 bits per heavy atom. The lowest BCUT2D eigenvalue weighted by molar-refractivity contribution is -0.380. The van der Waals surface area contributed by atoms with Gasteiger partial charge in [-0.2, -0.15) is 11.8 Å². The molecule has 0 unspecified atom stereocenters. The van der Waals surface area contributed by atoms with Gasteiger partial charge < -0.3 is 5.32 Å². The zero-order chi connectivity index (χ0) is 10.7. The van der Waals surface area contributed by atoms with Gasteiger partial charge in [-0.25, -0.2) is 4.98 Å². The van der Waals surface area contributed by atoms with Gasteiger partial charge in [0.2, 0.25) is 0 Å². The molecule has 1 N–H and O–H groups in total. The highest BCUT2D eigenvalue weighted by Gasteiger charge is 2.17. The Bertz CT molecular complexity index is 349. The van der Waals surface area contributed by atoms with Crippen LogP contribution in [-0.2, 0) is 0 Å². The van der Waals surface area contributed by atoms with Gasteiger partial charge in [0.25, 0.3) is 0 Å². The molecule has 0 bridgehead atoms. The molecular weight excluding hydrogens is 234 g/mol. The summed E-state index contributed by atoms with van der Waals surface area (Å²) in [6.07, 6.45) is 3.53. The fourth-order valence-electron chi connectivity index (χ4n) is 1.43. The van der Waals surface area contributed by atoms with E-state index in [1.807, 2.05) is 11.8 Å². The van der Waals surface area contributed by atoms with Crippen molar-refractivity contribution in [3.63, 3.8) is 0 Å². The van der Waals surface area contributed by atoms with Gasteiger partial charge in [-0.05, 0) is 35.7 Å². The topological polar surface area (TPSA) is 68.1 Å². The van der Waals surface area contributed by atoms with Crippen LogP contribution in [0.15, 0.2) is 6.20 Å². The normalized spacial score (nSPS) is 17.6. The van der Waals surface area contributed by atoms with E-state index in [9.17, 15) is 10.1 Å². The lowest BCUT2D eigenvalue weighted by Crippen LogP contribution is -2.24. The summed E-state index contributed by atoms with van der Waals surface area (Å²) >= 11 is 3.06. The number of nitro groups is 1. The third kappa shape index (κ3) is 2.82. The van der Waals surface area contributed by atoms with Crippen LogP contribution in [0.2, 0.25) is 0 Å². The predicted octanol–water partition coefficient (Wildman–Crippen LogP) is 2.36.